The van der Waals surface area contributed by atoms with Gasteiger partial charge in [0.1, 0.15) is 6.61 Å². The second-order valence-electron chi connectivity index (χ2n) is 3.54. The Morgan fingerprint density at radius 3 is 2.29 bits per heavy atom. The maximum atomic E-state index is 13.6. The summed E-state index contributed by atoms with van der Waals surface area (Å²) in [7, 11) is 0. The molecule has 1 unspecified atom stereocenters. The summed E-state index contributed by atoms with van der Waals surface area (Å²) in [4.78, 5) is 3.71. The van der Waals surface area contributed by atoms with Crippen LogP contribution in [0.3, 0.4) is 0 Å². The molecule has 0 aromatic rings. The highest BCUT2D eigenvalue weighted by atomic mass is 19.3. The van der Waals surface area contributed by atoms with Gasteiger partial charge in [-0.15, -0.1) is 8.78 Å². The second kappa shape index (κ2) is 3.77. The average Bonchev–Trinajstić information content (AvgIpc) is 2.68. The van der Waals surface area contributed by atoms with Gasteiger partial charge in [-0.25, -0.2) is 13.9 Å². The maximum Gasteiger partial charge on any atom is 0.493 e. The van der Waals surface area contributed by atoms with Gasteiger partial charge in [0.25, 0.3) is 0 Å². The molecule has 0 bridgehead atoms. The van der Waals surface area contributed by atoms with Gasteiger partial charge in [0.05, 0.1) is 6.54 Å². The smallest absolute Gasteiger partial charge is 0.479 e. The van der Waals surface area contributed by atoms with E-state index in [1.165, 1.54) is 0 Å². The molecule has 2 rings (SSSR count). The molecule has 0 aromatic heterocycles. The van der Waals surface area contributed by atoms with E-state index in [0.717, 1.165) is 0 Å². The first kappa shape index (κ1) is 12.5. The van der Waals surface area contributed by atoms with Crippen molar-refractivity contribution in [1.82, 2.24) is 0 Å². The monoisotopic (exact) mass is 261 g/mol. The Kier molecular flexibility index (Phi) is 2.77. The van der Waals surface area contributed by atoms with Gasteiger partial charge in [-0.3, -0.25) is 4.99 Å². The van der Waals surface area contributed by atoms with Gasteiger partial charge in [-0.05, 0) is 0 Å². The Hall–Kier alpha value is -0.960. The topological polar surface area (TPSA) is 40.0 Å². The van der Waals surface area contributed by atoms with E-state index in [1.54, 1.807) is 0 Å². The maximum absolute atomic E-state index is 13.6. The van der Waals surface area contributed by atoms with E-state index in [-0.39, 0.29) is 18.9 Å². The lowest BCUT2D eigenvalue weighted by molar-refractivity contribution is -0.386. The lowest BCUT2D eigenvalue weighted by atomic mass is 10.1. The molecule has 0 aliphatic carbocycles. The molecule has 4 nitrogen and oxygen atoms in total. The number of alkyl halides is 5. The second-order valence-corrected chi connectivity index (χ2v) is 3.54. The van der Waals surface area contributed by atoms with Crippen molar-refractivity contribution in [3.8, 4) is 0 Å². The van der Waals surface area contributed by atoms with Gasteiger partial charge < -0.3 is 4.74 Å². The van der Waals surface area contributed by atoms with Crippen molar-refractivity contribution in [2.75, 3.05) is 13.2 Å². The summed E-state index contributed by atoms with van der Waals surface area (Å²) in [6, 6.07) is 0. The van der Waals surface area contributed by atoms with Gasteiger partial charge >= 0.3 is 18.3 Å². The molecule has 2 aliphatic heterocycles. The quantitative estimate of drug-likeness (QED) is 0.730. The molecular weight excluding hydrogens is 253 g/mol. The van der Waals surface area contributed by atoms with Crippen molar-refractivity contribution in [3.05, 3.63) is 0 Å². The fourth-order valence-corrected chi connectivity index (χ4v) is 1.49. The van der Waals surface area contributed by atoms with Crippen LogP contribution in [0.1, 0.15) is 12.8 Å². The molecule has 1 atom stereocenters. The Bertz CT molecular complexity index is 348. The van der Waals surface area contributed by atoms with Crippen LogP contribution in [-0.2, 0) is 14.2 Å². The number of halogens is 5. The number of hydrogen-bond donors (Lipinski definition) is 0. The SMILES string of the molecule is FC1(F)OC(F)(F)C(F)(CCC2=NCCO2)O1. The van der Waals surface area contributed by atoms with E-state index in [0.29, 0.717) is 6.54 Å². The van der Waals surface area contributed by atoms with E-state index in [1.807, 2.05) is 0 Å². The fourth-order valence-electron chi connectivity index (χ4n) is 1.49. The van der Waals surface area contributed by atoms with Crippen LogP contribution in [-0.4, -0.2) is 37.3 Å². The summed E-state index contributed by atoms with van der Waals surface area (Å²) in [6.07, 6.45) is -10.8. The third-order valence-electron chi connectivity index (χ3n) is 2.27. The Morgan fingerprint density at radius 1 is 1.12 bits per heavy atom. The highest BCUT2D eigenvalue weighted by Gasteiger charge is 2.72. The Balaban J connectivity index is 2.02. The lowest BCUT2D eigenvalue weighted by Crippen LogP contribution is -2.41. The molecule has 2 heterocycles. The predicted molar refractivity (Wildman–Crippen MR) is 43.4 cm³/mol. The number of aliphatic imine (C=N–C) groups is 1. The van der Waals surface area contributed by atoms with Crippen molar-refractivity contribution >= 4 is 5.90 Å². The first-order valence-electron chi connectivity index (χ1n) is 4.75. The molecule has 0 radical (unpaired) electrons. The van der Waals surface area contributed by atoms with Crippen LogP contribution in [0, 0.1) is 0 Å². The minimum absolute atomic E-state index is 0.0386. The number of rotatable bonds is 3. The Morgan fingerprint density at radius 2 is 1.82 bits per heavy atom. The summed E-state index contributed by atoms with van der Waals surface area (Å²) >= 11 is 0. The van der Waals surface area contributed by atoms with Crippen molar-refractivity contribution < 1.29 is 36.2 Å². The van der Waals surface area contributed by atoms with Crippen molar-refractivity contribution in [1.29, 1.82) is 0 Å². The number of nitrogens with zero attached hydrogens (tertiary/aromatic N) is 1. The predicted octanol–water partition coefficient (Wildman–Crippen LogP) is 2.05. The highest BCUT2D eigenvalue weighted by Crippen LogP contribution is 2.51. The zero-order valence-corrected chi connectivity index (χ0v) is 8.39. The van der Waals surface area contributed by atoms with Crippen LogP contribution < -0.4 is 0 Å². The van der Waals surface area contributed by atoms with Crippen LogP contribution in [0.15, 0.2) is 4.99 Å². The van der Waals surface area contributed by atoms with E-state index in [4.69, 9.17) is 4.74 Å². The van der Waals surface area contributed by atoms with Gasteiger partial charge in [0.15, 0.2) is 5.90 Å². The Labute approximate surface area is 92.3 Å². The average molecular weight is 261 g/mol. The normalized spacial score (nSPS) is 34.5. The van der Waals surface area contributed by atoms with E-state index < -0.39 is 24.7 Å². The third kappa shape index (κ3) is 2.34. The van der Waals surface area contributed by atoms with Gasteiger partial charge in [0, 0.05) is 12.8 Å². The van der Waals surface area contributed by atoms with Crippen LogP contribution in [0.5, 0.6) is 0 Å². The van der Waals surface area contributed by atoms with Crippen LogP contribution in [0.2, 0.25) is 0 Å². The molecule has 98 valence electrons. The molecule has 0 saturated carbocycles. The highest BCUT2D eigenvalue weighted by molar-refractivity contribution is 5.77. The summed E-state index contributed by atoms with van der Waals surface area (Å²) in [5.41, 5.74) is 0. The molecule has 0 aromatic carbocycles. The van der Waals surface area contributed by atoms with Crippen LogP contribution in [0.25, 0.3) is 0 Å². The van der Waals surface area contributed by atoms with Crippen molar-refractivity contribution in [2.24, 2.45) is 4.99 Å². The van der Waals surface area contributed by atoms with Crippen molar-refractivity contribution in [3.63, 3.8) is 0 Å². The molecule has 1 fully saturated rings. The van der Waals surface area contributed by atoms with E-state index in [2.05, 4.69) is 14.5 Å². The molecule has 1 saturated heterocycles. The summed E-state index contributed by atoms with van der Waals surface area (Å²) in [5, 5.41) is 0. The molecular formula is C8H8F5NO3. The van der Waals surface area contributed by atoms with Crippen molar-refractivity contribution in [2.45, 2.75) is 31.1 Å². The van der Waals surface area contributed by atoms with E-state index >= 15 is 0 Å². The fraction of sp³-hybridized carbons (Fsp3) is 0.875. The van der Waals surface area contributed by atoms with Crippen LogP contribution >= 0.6 is 0 Å². The largest absolute Gasteiger partial charge is 0.493 e. The third-order valence-corrected chi connectivity index (χ3v) is 2.27. The zero-order valence-electron chi connectivity index (χ0n) is 8.39. The summed E-state index contributed by atoms with van der Waals surface area (Å²) < 4.78 is 75.2. The molecule has 9 heteroatoms. The molecule has 0 amide bonds. The number of ether oxygens (including phenoxy) is 3. The minimum Gasteiger partial charge on any atom is -0.479 e. The lowest BCUT2D eigenvalue weighted by Gasteiger charge is -2.21. The van der Waals surface area contributed by atoms with Gasteiger partial charge in [-0.2, -0.15) is 8.78 Å². The standard InChI is InChI=1S/C8H8F5NO3/c9-6(2-1-5-14-3-4-15-5)7(10,11)17-8(12,13)16-6/h1-4H2. The minimum atomic E-state index is -4.71. The van der Waals surface area contributed by atoms with E-state index in [9.17, 15) is 22.0 Å². The zero-order chi connectivity index (χ0) is 12.7. The first-order valence-corrected chi connectivity index (χ1v) is 4.75. The summed E-state index contributed by atoms with van der Waals surface area (Å²) in [5.74, 6) is -3.85. The molecule has 17 heavy (non-hydrogen) atoms. The van der Waals surface area contributed by atoms with Gasteiger partial charge in [0.2, 0.25) is 0 Å². The first-order chi connectivity index (χ1) is 7.74. The number of hydrogen-bond acceptors (Lipinski definition) is 4. The molecule has 0 N–H and O–H groups in total. The summed E-state index contributed by atoms with van der Waals surface area (Å²) in [6.45, 7) is 0.594. The van der Waals surface area contributed by atoms with Gasteiger partial charge in [-0.1, -0.05) is 0 Å². The molecule has 2 aliphatic rings. The van der Waals surface area contributed by atoms with Crippen LogP contribution in [0.4, 0.5) is 22.0 Å². The molecule has 0 spiro atoms.